The van der Waals surface area contributed by atoms with Crippen molar-refractivity contribution < 1.29 is 0 Å². The molecule has 1 heteroatoms. The zero-order chi connectivity index (χ0) is 41.6. The van der Waals surface area contributed by atoms with Gasteiger partial charge in [0.15, 0.2) is 0 Å². The first kappa shape index (κ1) is 37.3. The molecule has 0 spiro atoms. The van der Waals surface area contributed by atoms with Crippen LogP contribution in [-0.4, -0.2) is 0 Å². The Morgan fingerprint density at radius 1 is 0.306 bits per heavy atom. The maximum Gasteiger partial charge on any atom is 0.0540 e. The normalized spacial score (nSPS) is 12.5. The van der Waals surface area contributed by atoms with Crippen molar-refractivity contribution in [3.63, 3.8) is 0 Å². The van der Waals surface area contributed by atoms with Crippen LogP contribution in [0.1, 0.15) is 25.0 Å². The van der Waals surface area contributed by atoms with Crippen LogP contribution < -0.4 is 4.90 Å². The van der Waals surface area contributed by atoms with E-state index in [-0.39, 0.29) is 5.41 Å². The highest BCUT2D eigenvalue weighted by atomic mass is 15.1. The Morgan fingerprint density at radius 3 is 1.68 bits per heavy atom. The minimum atomic E-state index is -0.107. The quantitative estimate of drug-likeness (QED) is 0.148. The van der Waals surface area contributed by atoms with E-state index < -0.39 is 0 Å². The van der Waals surface area contributed by atoms with Crippen LogP contribution in [0.25, 0.3) is 77.5 Å². The number of benzene rings is 10. The zero-order valence-electron chi connectivity index (χ0n) is 35.0. The standard InChI is InChI=1S/C61H45N/c1-61(2)58-34-12-10-29-55(58)57-33-17-32-53(60(57)61)44-36-38-48(39-37-44)62(59-35-13-11-30-56(59)54-28-9-8-27-51(54)42-18-4-3-5-19-42)49-25-15-23-46(41-49)45-22-14-24-47(40-45)52-31-16-21-43-20-6-7-26-50(43)52/h3-41H,1-2H3. The minimum Gasteiger partial charge on any atom is -0.310 e. The van der Waals surface area contributed by atoms with Crippen molar-refractivity contribution in [2.75, 3.05) is 4.90 Å². The van der Waals surface area contributed by atoms with Gasteiger partial charge in [-0.05, 0) is 119 Å². The van der Waals surface area contributed by atoms with Gasteiger partial charge >= 0.3 is 0 Å². The summed E-state index contributed by atoms with van der Waals surface area (Å²) in [6.45, 7) is 4.73. The maximum atomic E-state index is 2.44. The van der Waals surface area contributed by atoms with Gasteiger partial charge in [-0.1, -0.05) is 214 Å². The molecule has 62 heavy (non-hydrogen) atoms. The highest BCUT2D eigenvalue weighted by Crippen LogP contribution is 2.52. The summed E-state index contributed by atoms with van der Waals surface area (Å²) < 4.78 is 0. The van der Waals surface area contributed by atoms with E-state index in [1.807, 2.05) is 0 Å². The van der Waals surface area contributed by atoms with Gasteiger partial charge < -0.3 is 4.90 Å². The summed E-state index contributed by atoms with van der Waals surface area (Å²) in [5.41, 5.74) is 20.7. The van der Waals surface area contributed by atoms with Crippen LogP contribution in [0.2, 0.25) is 0 Å². The van der Waals surface area contributed by atoms with Crippen LogP contribution in [0.5, 0.6) is 0 Å². The summed E-state index contributed by atoms with van der Waals surface area (Å²) in [4.78, 5) is 2.44. The van der Waals surface area contributed by atoms with Crippen LogP contribution in [0.4, 0.5) is 17.1 Å². The van der Waals surface area contributed by atoms with Gasteiger partial charge in [0.25, 0.3) is 0 Å². The lowest BCUT2D eigenvalue weighted by molar-refractivity contribution is 0.662. The van der Waals surface area contributed by atoms with E-state index in [4.69, 9.17) is 0 Å². The average Bonchev–Trinajstić information content (AvgIpc) is 3.58. The molecule has 0 heterocycles. The van der Waals surface area contributed by atoms with Crippen LogP contribution in [0.3, 0.4) is 0 Å². The Morgan fingerprint density at radius 2 is 0.839 bits per heavy atom. The summed E-state index contributed by atoms with van der Waals surface area (Å²) in [5.74, 6) is 0. The van der Waals surface area contributed by atoms with Gasteiger partial charge in [-0.25, -0.2) is 0 Å². The second-order valence-electron chi connectivity index (χ2n) is 16.9. The van der Waals surface area contributed by atoms with Crippen molar-refractivity contribution in [3.8, 4) is 66.8 Å². The molecule has 0 N–H and O–H groups in total. The first-order chi connectivity index (χ1) is 30.5. The summed E-state index contributed by atoms with van der Waals surface area (Å²) in [6, 6.07) is 86.5. The van der Waals surface area contributed by atoms with E-state index in [2.05, 4.69) is 255 Å². The first-order valence-corrected chi connectivity index (χ1v) is 21.6. The van der Waals surface area contributed by atoms with E-state index in [0.29, 0.717) is 0 Å². The maximum absolute atomic E-state index is 2.44. The molecule has 0 fully saturated rings. The number of rotatable bonds is 8. The predicted octanol–water partition coefficient (Wildman–Crippen LogP) is 17.0. The second-order valence-corrected chi connectivity index (χ2v) is 16.9. The van der Waals surface area contributed by atoms with E-state index >= 15 is 0 Å². The molecule has 1 aliphatic rings. The summed E-state index contributed by atoms with van der Waals surface area (Å²) in [5, 5.41) is 2.51. The molecule has 0 amide bonds. The van der Waals surface area contributed by atoms with Gasteiger partial charge in [0.05, 0.1) is 5.69 Å². The summed E-state index contributed by atoms with van der Waals surface area (Å²) in [7, 11) is 0. The van der Waals surface area contributed by atoms with Crippen LogP contribution >= 0.6 is 0 Å². The summed E-state index contributed by atoms with van der Waals surface area (Å²) in [6.07, 6.45) is 0. The summed E-state index contributed by atoms with van der Waals surface area (Å²) >= 11 is 0. The number of fused-ring (bicyclic) bond motifs is 4. The highest BCUT2D eigenvalue weighted by molar-refractivity contribution is 5.98. The Balaban J connectivity index is 1.06. The van der Waals surface area contributed by atoms with Crippen molar-refractivity contribution in [1.29, 1.82) is 0 Å². The SMILES string of the molecule is CC1(C)c2ccccc2-c2cccc(-c3ccc(N(c4cccc(-c5cccc(-c6cccc7ccccc67)c5)c4)c4ccccc4-c4ccccc4-c4ccccc4)cc3)c21. The molecule has 1 aliphatic carbocycles. The van der Waals surface area contributed by atoms with Gasteiger partial charge in [0.2, 0.25) is 0 Å². The van der Waals surface area contributed by atoms with Crippen LogP contribution in [0.15, 0.2) is 237 Å². The van der Waals surface area contributed by atoms with Crippen molar-refractivity contribution in [2.45, 2.75) is 19.3 Å². The van der Waals surface area contributed by atoms with Crippen molar-refractivity contribution >= 4 is 27.8 Å². The topological polar surface area (TPSA) is 3.24 Å². The third-order valence-electron chi connectivity index (χ3n) is 12.9. The van der Waals surface area contributed by atoms with E-state index in [0.717, 1.165) is 22.6 Å². The average molecular weight is 792 g/mol. The molecule has 0 aliphatic heterocycles. The lowest BCUT2D eigenvalue weighted by Gasteiger charge is -2.29. The van der Waals surface area contributed by atoms with Gasteiger partial charge in [-0.2, -0.15) is 0 Å². The van der Waals surface area contributed by atoms with Crippen LogP contribution in [0, 0.1) is 0 Å². The van der Waals surface area contributed by atoms with E-state index in [1.165, 1.54) is 83.1 Å². The van der Waals surface area contributed by atoms with Gasteiger partial charge in [-0.3, -0.25) is 0 Å². The van der Waals surface area contributed by atoms with Gasteiger partial charge in [-0.15, -0.1) is 0 Å². The monoisotopic (exact) mass is 791 g/mol. The lowest BCUT2D eigenvalue weighted by atomic mass is 9.79. The number of anilines is 3. The molecule has 0 saturated carbocycles. The molecular formula is C61H45N. The minimum absolute atomic E-state index is 0.107. The highest BCUT2D eigenvalue weighted by Gasteiger charge is 2.37. The molecule has 0 aromatic heterocycles. The number of nitrogens with zero attached hydrogens (tertiary/aromatic N) is 1. The number of para-hydroxylation sites is 1. The molecule has 0 saturated heterocycles. The van der Waals surface area contributed by atoms with Crippen LogP contribution in [-0.2, 0) is 5.41 Å². The Bertz CT molecular complexity index is 3260. The van der Waals surface area contributed by atoms with E-state index in [9.17, 15) is 0 Å². The fourth-order valence-corrected chi connectivity index (χ4v) is 9.96. The molecular weight excluding hydrogens is 747 g/mol. The fraction of sp³-hybridized carbons (Fsp3) is 0.0492. The molecule has 0 unspecified atom stereocenters. The number of hydrogen-bond acceptors (Lipinski definition) is 1. The van der Waals surface area contributed by atoms with Gasteiger partial charge in [0, 0.05) is 22.4 Å². The zero-order valence-corrected chi connectivity index (χ0v) is 35.0. The Kier molecular flexibility index (Phi) is 9.24. The Labute approximate surface area is 364 Å². The largest absolute Gasteiger partial charge is 0.310 e. The van der Waals surface area contributed by atoms with E-state index in [1.54, 1.807) is 0 Å². The lowest BCUT2D eigenvalue weighted by Crippen LogP contribution is -2.16. The Hall–Kier alpha value is -7.74. The van der Waals surface area contributed by atoms with Crippen molar-refractivity contribution in [3.05, 3.63) is 248 Å². The predicted molar refractivity (Wildman–Crippen MR) is 263 cm³/mol. The third-order valence-corrected chi connectivity index (χ3v) is 12.9. The fourth-order valence-electron chi connectivity index (χ4n) is 9.96. The number of hydrogen-bond donors (Lipinski definition) is 0. The smallest absolute Gasteiger partial charge is 0.0540 e. The molecule has 0 bridgehead atoms. The second kappa shape index (κ2) is 15.4. The van der Waals surface area contributed by atoms with Crippen molar-refractivity contribution in [2.24, 2.45) is 0 Å². The molecule has 10 aromatic carbocycles. The molecule has 10 aromatic rings. The molecule has 0 radical (unpaired) electrons. The first-order valence-electron chi connectivity index (χ1n) is 21.6. The molecule has 11 rings (SSSR count). The molecule has 0 atom stereocenters. The molecule has 294 valence electrons. The van der Waals surface area contributed by atoms with Gasteiger partial charge in [0.1, 0.15) is 0 Å². The molecule has 1 nitrogen and oxygen atoms in total. The van der Waals surface area contributed by atoms with Crippen molar-refractivity contribution in [1.82, 2.24) is 0 Å². The third kappa shape index (κ3) is 6.42.